The van der Waals surface area contributed by atoms with Crippen molar-refractivity contribution in [1.29, 1.82) is 0 Å². The SMILES string of the molecule is O=c1nc2c(ncn2Cc2ccccc2)c(-c2ccccc2)n1Cc1ccccc1. The number of hydrogen-bond acceptors (Lipinski definition) is 3. The van der Waals surface area contributed by atoms with Crippen molar-refractivity contribution >= 4 is 11.2 Å². The van der Waals surface area contributed by atoms with Crippen molar-refractivity contribution in [3.05, 3.63) is 119 Å². The van der Waals surface area contributed by atoms with E-state index in [9.17, 15) is 4.79 Å². The Bertz CT molecular complexity index is 1340. The summed E-state index contributed by atoms with van der Waals surface area (Å²) in [4.78, 5) is 22.2. The number of hydrogen-bond donors (Lipinski definition) is 0. The number of imidazole rings is 1. The molecule has 3 aromatic carbocycles. The first-order valence-electron chi connectivity index (χ1n) is 9.88. The van der Waals surface area contributed by atoms with E-state index in [0.29, 0.717) is 18.7 Å². The molecule has 2 aromatic heterocycles. The topological polar surface area (TPSA) is 52.7 Å². The van der Waals surface area contributed by atoms with Crippen LogP contribution in [0.2, 0.25) is 0 Å². The molecule has 2 heterocycles. The predicted molar refractivity (Wildman–Crippen MR) is 118 cm³/mol. The van der Waals surface area contributed by atoms with Crippen LogP contribution in [0.1, 0.15) is 11.1 Å². The summed E-state index contributed by atoms with van der Waals surface area (Å²) >= 11 is 0. The Morgan fingerprint density at radius 1 is 0.700 bits per heavy atom. The molecule has 5 rings (SSSR count). The Morgan fingerprint density at radius 3 is 1.90 bits per heavy atom. The first-order chi connectivity index (χ1) is 14.8. The van der Waals surface area contributed by atoms with Gasteiger partial charge in [-0.1, -0.05) is 91.0 Å². The average Bonchev–Trinajstić information content (AvgIpc) is 3.18. The van der Waals surface area contributed by atoms with Gasteiger partial charge in [-0.05, 0) is 11.1 Å². The molecule has 146 valence electrons. The summed E-state index contributed by atoms with van der Waals surface area (Å²) in [7, 11) is 0. The standard InChI is InChI=1S/C25H20N4O/c30-25-27-24-22(26-18-28(24)16-19-10-4-1-5-11-19)23(21-14-8-3-9-15-21)29(25)17-20-12-6-2-7-13-20/h1-15,18H,16-17H2. The maximum Gasteiger partial charge on any atom is 0.350 e. The third-order valence-electron chi connectivity index (χ3n) is 5.16. The molecule has 0 unspecified atom stereocenters. The van der Waals surface area contributed by atoms with E-state index in [1.807, 2.05) is 83.4 Å². The van der Waals surface area contributed by atoms with Crippen molar-refractivity contribution in [2.75, 3.05) is 0 Å². The van der Waals surface area contributed by atoms with E-state index in [2.05, 4.69) is 22.1 Å². The van der Waals surface area contributed by atoms with Crippen molar-refractivity contribution in [3.63, 3.8) is 0 Å². The van der Waals surface area contributed by atoms with Crippen LogP contribution in [0, 0.1) is 0 Å². The lowest BCUT2D eigenvalue weighted by molar-refractivity contribution is 0.736. The van der Waals surface area contributed by atoms with E-state index in [0.717, 1.165) is 27.9 Å². The largest absolute Gasteiger partial charge is 0.350 e. The van der Waals surface area contributed by atoms with Crippen LogP contribution in [0.5, 0.6) is 0 Å². The van der Waals surface area contributed by atoms with Crippen LogP contribution in [0.4, 0.5) is 0 Å². The summed E-state index contributed by atoms with van der Waals surface area (Å²) < 4.78 is 3.65. The Balaban J connectivity index is 1.70. The normalized spacial score (nSPS) is 11.1. The smallest absolute Gasteiger partial charge is 0.311 e. The Kier molecular flexibility index (Phi) is 4.69. The van der Waals surface area contributed by atoms with Crippen LogP contribution in [-0.4, -0.2) is 19.1 Å². The molecule has 5 aromatic rings. The van der Waals surface area contributed by atoms with Crippen molar-refractivity contribution < 1.29 is 0 Å². The minimum Gasteiger partial charge on any atom is -0.311 e. The van der Waals surface area contributed by atoms with E-state index in [1.165, 1.54) is 0 Å². The molecule has 0 saturated heterocycles. The molecule has 30 heavy (non-hydrogen) atoms. The molecule has 0 aliphatic heterocycles. The first kappa shape index (κ1) is 18.1. The lowest BCUT2D eigenvalue weighted by Crippen LogP contribution is -2.26. The second-order valence-electron chi connectivity index (χ2n) is 7.21. The van der Waals surface area contributed by atoms with Gasteiger partial charge in [0.15, 0.2) is 5.65 Å². The zero-order chi connectivity index (χ0) is 20.3. The maximum absolute atomic E-state index is 13.1. The fourth-order valence-electron chi connectivity index (χ4n) is 3.73. The molecule has 0 aliphatic carbocycles. The Hall–Kier alpha value is -3.99. The van der Waals surface area contributed by atoms with E-state index in [4.69, 9.17) is 0 Å². The van der Waals surface area contributed by atoms with Gasteiger partial charge >= 0.3 is 5.69 Å². The molecule has 5 nitrogen and oxygen atoms in total. The number of fused-ring (bicyclic) bond motifs is 1. The molecule has 0 atom stereocenters. The average molecular weight is 392 g/mol. The van der Waals surface area contributed by atoms with Gasteiger partial charge < -0.3 is 4.57 Å². The van der Waals surface area contributed by atoms with Gasteiger partial charge in [-0.15, -0.1) is 0 Å². The van der Waals surface area contributed by atoms with Gasteiger partial charge in [0, 0.05) is 5.56 Å². The molecule has 0 radical (unpaired) electrons. The highest BCUT2D eigenvalue weighted by Crippen LogP contribution is 2.26. The van der Waals surface area contributed by atoms with E-state index < -0.39 is 0 Å². The highest BCUT2D eigenvalue weighted by atomic mass is 16.1. The molecular weight excluding hydrogens is 372 g/mol. The van der Waals surface area contributed by atoms with Crippen molar-refractivity contribution in [3.8, 4) is 11.3 Å². The van der Waals surface area contributed by atoms with Crippen LogP contribution < -0.4 is 5.69 Å². The summed E-state index contributed by atoms with van der Waals surface area (Å²) in [5.74, 6) is 0. The summed E-state index contributed by atoms with van der Waals surface area (Å²) in [5.41, 5.74) is 4.97. The van der Waals surface area contributed by atoms with Gasteiger partial charge in [0.1, 0.15) is 5.52 Å². The Morgan fingerprint density at radius 2 is 1.27 bits per heavy atom. The summed E-state index contributed by atoms with van der Waals surface area (Å²) in [5, 5.41) is 0. The van der Waals surface area contributed by atoms with Gasteiger partial charge in [0.25, 0.3) is 0 Å². The van der Waals surface area contributed by atoms with Gasteiger partial charge in [0.2, 0.25) is 0 Å². The first-order valence-corrected chi connectivity index (χ1v) is 9.88. The van der Waals surface area contributed by atoms with Crippen molar-refractivity contribution in [1.82, 2.24) is 19.1 Å². The van der Waals surface area contributed by atoms with E-state index in [-0.39, 0.29) is 5.69 Å². The van der Waals surface area contributed by atoms with Crippen LogP contribution in [0.15, 0.2) is 102 Å². The zero-order valence-electron chi connectivity index (χ0n) is 16.3. The fourth-order valence-corrected chi connectivity index (χ4v) is 3.73. The van der Waals surface area contributed by atoms with Gasteiger partial charge in [-0.25, -0.2) is 9.78 Å². The number of benzene rings is 3. The molecule has 0 N–H and O–H groups in total. The quantitative estimate of drug-likeness (QED) is 0.447. The van der Waals surface area contributed by atoms with Crippen LogP contribution in [0.3, 0.4) is 0 Å². The van der Waals surface area contributed by atoms with Gasteiger partial charge in [-0.2, -0.15) is 4.98 Å². The molecule has 0 spiro atoms. The summed E-state index contributed by atoms with van der Waals surface area (Å²) in [6.45, 7) is 1.05. The molecule has 0 aliphatic rings. The summed E-state index contributed by atoms with van der Waals surface area (Å²) in [6, 6.07) is 30.0. The molecule has 0 bridgehead atoms. The highest BCUT2D eigenvalue weighted by molar-refractivity contribution is 5.87. The van der Waals surface area contributed by atoms with E-state index >= 15 is 0 Å². The van der Waals surface area contributed by atoms with E-state index in [1.54, 1.807) is 10.9 Å². The fraction of sp³-hybridized carbons (Fsp3) is 0.0800. The number of aromatic nitrogens is 4. The lowest BCUT2D eigenvalue weighted by atomic mass is 10.1. The zero-order valence-corrected chi connectivity index (χ0v) is 16.3. The minimum atomic E-state index is -0.278. The predicted octanol–water partition coefficient (Wildman–Crippen LogP) is 4.36. The molecule has 0 saturated carbocycles. The Labute approximate surface area is 173 Å². The highest BCUT2D eigenvalue weighted by Gasteiger charge is 2.18. The second-order valence-corrected chi connectivity index (χ2v) is 7.21. The molecular formula is C25H20N4O. The molecule has 0 fully saturated rings. The minimum absolute atomic E-state index is 0.278. The van der Waals surface area contributed by atoms with Crippen LogP contribution in [-0.2, 0) is 13.1 Å². The van der Waals surface area contributed by atoms with Crippen molar-refractivity contribution in [2.24, 2.45) is 0 Å². The van der Waals surface area contributed by atoms with Crippen molar-refractivity contribution in [2.45, 2.75) is 13.1 Å². The maximum atomic E-state index is 13.1. The lowest BCUT2D eigenvalue weighted by Gasteiger charge is -2.14. The molecule has 0 amide bonds. The number of nitrogens with zero attached hydrogens (tertiary/aromatic N) is 4. The third kappa shape index (κ3) is 3.42. The van der Waals surface area contributed by atoms with Gasteiger partial charge in [-0.3, -0.25) is 4.57 Å². The summed E-state index contributed by atoms with van der Waals surface area (Å²) in [6.07, 6.45) is 1.77. The second kappa shape index (κ2) is 7.79. The van der Waals surface area contributed by atoms with Crippen LogP contribution >= 0.6 is 0 Å². The monoisotopic (exact) mass is 392 g/mol. The van der Waals surface area contributed by atoms with Gasteiger partial charge in [0.05, 0.1) is 25.1 Å². The molecule has 5 heteroatoms. The third-order valence-corrected chi connectivity index (χ3v) is 5.16. The van der Waals surface area contributed by atoms with Crippen LogP contribution in [0.25, 0.3) is 22.4 Å². The number of rotatable bonds is 5.